The van der Waals surface area contributed by atoms with E-state index in [1.54, 1.807) is 0 Å². The van der Waals surface area contributed by atoms with Crippen LogP contribution < -0.4 is 16.0 Å². The number of carbonyl (C=O) groups is 1. The van der Waals surface area contributed by atoms with E-state index >= 15 is 0 Å². The summed E-state index contributed by atoms with van der Waals surface area (Å²) in [6.45, 7) is 14.2. The van der Waals surface area contributed by atoms with E-state index in [4.69, 9.17) is 0 Å². The Labute approximate surface area is 166 Å². The Balaban J connectivity index is 2.28. The molecule has 6 nitrogen and oxygen atoms in total. The van der Waals surface area contributed by atoms with Gasteiger partial charge in [0.05, 0.1) is 6.54 Å². The van der Waals surface area contributed by atoms with Crippen molar-refractivity contribution in [2.24, 2.45) is 10.9 Å². The van der Waals surface area contributed by atoms with E-state index in [-0.39, 0.29) is 11.8 Å². The molecule has 1 fully saturated rings. The lowest BCUT2D eigenvalue weighted by atomic mass is 9.89. The summed E-state index contributed by atoms with van der Waals surface area (Å²) >= 11 is 0. The summed E-state index contributed by atoms with van der Waals surface area (Å²) in [5, 5.41) is 9.84. The second-order valence-corrected chi connectivity index (χ2v) is 7.60. The molecule has 1 unspecified atom stereocenters. The van der Waals surface area contributed by atoms with Crippen LogP contribution >= 0.6 is 0 Å². The number of nitrogens with zero attached hydrogens (tertiary/aromatic N) is 2. The predicted molar refractivity (Wildman–Crippen MR) is 115 cm³/mol. The summed E-state index contributed by atoms with van der Waals surface area (Å²) in [6, 6.07) is 0.384. The third-order valence-corrected chi connectivity index (χ3v) is 5.39. The highest BCUT2D eigenvalue weighted by atomic mass is 16.1. The highest BCUT2D eigenvalue weighted by Crippen LogP contribution is 2.23. The van der Waals surface area contributed by atoms with Crippen LogP contribution in [0, 0.1) is 5.92 Å². The predicted octanol–water partition coefficient (Wildman–Crippen LogP) is 2.75. The van der Waals surface area contributed by atoms with Gasteiger partial charge in [0, 0.05) is 25.0 Å². The molecule has 1 aliphatic rings. The number of hydrogen-bond donors (Lipinski definition) is 3. The fourth-order valence-electron chi connectivity index (χ4n) is 3.64. The van der Waals surface area contributed by atoms with Crippen LogP contribution in [0.3, 0.4) is 0 Å². The van der Waals surface area contributed by atoms with Crippen LogP contribution in [0.15, 0.2) is 4.99 Å². The molecule has 0 radical (unpaired) electrons. The molecule has 1 saturated carbocycles. The molecule has 1 amide bonds. The number of nitrogens with one attached hydrogen (secondary N) is 3. The molecule has 0 aliphatic heterocycles. The molecule has 0 saturated heterocycles. The third-order valence-electron chi connectivity index (χ3n) is 5.39. The smallest absolute Gasteiger partial charge is 0.223 e. The van der Waals surface area contributed by atoms with E-state index in [1.807, 2.05) is 0 Å². The van der Waals surface area contributed by atoms with E-state index < -0.39 is 0 Å². The van der Waals surface area contributed by atoms with Gasteiger partial charge in [-0.2, -0.15) is 0 Å². The minimum atomic E-state index is 0.215. The average Bonchev–Trinajstić information content (AvgIpc) is 2.69. The molecule has 0 aromatic carbocycles. The van der Waals surface area contributed by atoms with Gasteiger partial charge >= 0.3 is 0 Å². The van der Waals surface area contributed by atoms with Crippen LogP contribution in [0.25, 0.3) is 0 Å². The standard InChI is InChI=1S/C21H43N5O/c1-5-22-21(25-18(4)12-11-17-26(6-2)7-3)24-16-15-23-20(27)19-13-9-8-10-14-19/h18-19H,5-17H2,1-4H3,(H,23,27)(H2,22,24,25). The van der Waals surface area contributed by atoms with Crippen molar-refractivity contribution < 1.29 is 4.79 Å². The van der Waals surface area contributed by atoms with Crippen molar-refractivity contribution in [3.63, 3.8) is 0 Å². The number of carbonyl (C=O) groups excluding carboxylic acids is 1. The zero-order chi connectivity index (χ0) is 19.9. The Morgan fingerprint density at radius 1 is 1.11 bits per heavy atom. The van der Waals surface area contributed by atoms with Crippen molar-refractivity contribution in [3.8, 4) is 0 Å². The van der Waals surface area contributed by atoms with E-state index in [0.717, 1.165) is 51.4 Å². The second-order valence-electron chi connectivity index (χ2n) is 7.60. The van der Waals surface area contributed by atoms with Crippen molar-refractivity contribution in [1.29, 1.82) is 0 Å². The lowest BCUT2D eigenvalue weighted by Crippen LogP contribution is -2.43. The van der Waals surface area contributed by atoms with Gasteiger partial charge in [-0.25, -0.2) is 0 Å². The van der Waals surface area contributed by atoms with Gasteiger partial charge in [-0.05, 0) is 59.2 Å². The largest absolute Gasteiger partial charge is 0.357 e. The molecule has 0 bridgehead atoms. The van der Waals surface area contributed by atoms with E-state index in [2.05, 4.69) is 53.5 Å². The molecular formula is C21H43N5O. The van der Waals surface area contributed by atoms with Gasteiger partial charge in [0.25, 0.3) is 0 Å². The van der Waals surface area contributed by atoms with Gasteiger partial charge < -0.3 is 20.9 Å². The third kappa shape index (κ3) is 10.6. The Hall–Kier alpha value is -1.30. The van der Waals surface area contributed by atoms with Gasteiger partial charge in [0.15, 0.2) is 5.96 Å². The number of aliphatic imine (C=N–C) groups is 1. The molecule has 0 heterocycles. The number of rotatable bonds is 12. The normalized spacial score (nSPS) is 17.0. The summed E-state index contributed by atoms with van der Waals surface area (Å²) in [4.78, 5) is 19.2. The molecule has 158 valence electrons. The molecule has 0 aromatic rings. The van der Waals surface area contributed by atoms with Crippen LogP contribution in [-0.4, -0.2) is 62.1 Å². The quantitative estimate of drug-likeness (QED) is 0.276. The van der Waals surface area contributed by atoms with E-state index in [9.17, 15) is 4.79 Å². The molecule has 1 atom stereocenters. The Morgan fingerprint density at radius 2 is 1.81 bits per heavy atom. The minimum Gasteiger partial charge on any atom is -0.357 e. The first-order valence-electron chi connectivity index (χ1n) is 11.2. The lowest BCUT2D eigenvalue weighted by Gasteiger charge is -2.21. The first-order chi connectivity index (χ1) is 13.1. The highest BCUT2D eigenvalue weighted by molar-refractivity contribution is 5.80. The maximum atomic E-state index is 12.2. The van der Waals surface area contributed by atoms with Crippen LogP contribution in [0.2, 0.25) is 0 Å². The number of amides is 1. The van der Waals surface area contributed by atoms with Crippen molar-refractivity contribution in [1.82, 2.24) is 20.9 Å². The molecule has 6 heteroatoms. The van der Waals surface area contributed by atoms with Gasteiger partial charge in [0.2, 0.25) is 5.91 Å². The SMILES string of the molecule is CCNC(=NCCNC(=O)C1CCCCC1)NC(C)CCCN(CC)CC. The minimum absolute atomic E-state index is 0.215. The summed E-state index contributed by atoms with van der Waals surface area (Å²) in [5.74, 6) is 1.28. The number of hydrogen-bond acceptors (Lipinski definition) is 3. The molecule has 1 aliphatic carbocycles. The summed E-state index contributed by atoms with van der Waals surface area (Å²) in [7, 11) is 0. The molecule has 0 aromatic heterocycles. The highest BCUT2D eigenvalue weighted by Gasteiger charge is 2.20. The summed E-state index contributed by atoms with van der Waals surface area (Å²) in [5.41, 5.74) is 0. The van der Waals surface area contributed by atoms with Crippen LogP contribution in [0.1, 0.15) is 72.6 Å². The average molecular weight is 382 g/mol. The zero-order valence-electron chi connectivity index (χ0n) is 18.1. The molecule has 27 heavy (non-hydrogen) atoms. The first kappa shape index (κ1) is 23.7. The van der Waals surface area contributed by atoms with Crippen molar-refractivity contribution in [3.05, 3.63) is 0 Å². The summed E-state index contributed by atoms with van der Waals surface area (Å²) in [6.07, 6.45) is 8.06. The lowest BCUT2D eigenvalue weighted by molar-refractivity contribution is -0.125. The number of guanidine groups is 1. The molecule has 3 N–H and O–H groups in total. The van der Waals surface area contributed by atoms with Gasteiger partial charge in [-0.15, -0.1) is 0 Å². The molecular weight excluding hydrogens is 338 g/mol. The fourth-order valence-corrected chi connectivity index (χ4v) is 3.64. The van der Waals surface area contributed by atoms with Crippen molar-refractivity contribution in [2.75, 3.05) is 39.3 Å². The maximum Gasteiger partial charge on any atom is 0.223 e. The zero-order valence-corrected chi connectivity index (χ0v) is 18.1. The Morgan fingerprint density at radius 3 is 2.44 bits per heavy atom. The monoisotopic (exact) mass is 381 g/mol. The Kier molecular flexibility index (Phi) is 12.9. The first-order valence-corrected chi connectivity index (χ1v) is 11.2. The van der Waals surface area contributed by atoms with E-state index in [1.165, 1.54) is 25.7 Å². The fraction of sp³-hybridized carbons (Fsp3) is 0.905. The van der Waals surface area contributed by atoms with Crippen molar-refractivity contribution in [2.45, 2.75) is 78.7 Å². The van der Waals surface area contributed by atoms with Crippen LogP contribution in [0.5, 0.6) is 0 Å². The topological polar surface area (TPSA) is 68.8 Å². The van der Waals surface area contributed by atoms with Gasteiger partial charge in [0.1, 0.15) is 0 Å². The van der Waals surface area contributed by atoms with Crippen LogP contribution in [0.4, 0.5) is 0 Å². The van der Waals surface area contributed by atoms with Crippen molar-refractivity contribution >= 4 is 11.9 Å². The second kappa shape index (κ2) is 14.7. The molecule has 0 spiro atoms. The van der Waals surface area contributed by atoms with Gasteiger partial charge in [-0.3, -0.25) is 9.79 Å². The van der Waals surface area contributed by atoms with Crippen LogP contribution in [-0.2, 0) is 4.79 Å². The van der Waals surface area contributed by atoms with Gasteiger partial charge in [-0.1, -0.05) is 33.1 Å². The Bertz CT molecular complexity index is 417. The maximum absolute atomic E-state index is 12.2. The summed E-state index contributed by atoms with van der Waals surface area (Å²) < 4.78 is 0. The van der Waals surface area contributed by atoms with E-state index in [0.29, 0.717) is 19.1 Å². The molecule has 1 rings (SSSR count).